The summed E-state index contributed by atoms with van der Waals surface area (Å²) < 4.78 is 0. The number of carbonyl (C=O) groups is 2. The molecule has 23 heavy (non-hydrogen) atoms. The second kappa shape index (κ2) is 6.82. The number of benzene rings is 2. The number of amides is 2. The molecule has 1 atom stereocenters. The van der Waals surface area contributed by atoms with E-state index >= 15 is 0 Å². The highest BCUT2D eigenvalue weighted by atomic mass is 16.2. The number of hydrazine groups is 1. The van der Waals surface area contributed by atoms with Gasteiger partial charge in [0.05, 0.1) is 5.92 Å². The highest BCUT2D eigenvalue weighted by Crippen LogP contribution is 2.27. The van der Waals surface area contributed by atoms with Crippen LogP contribution >= 0.6 is 0 Å². The SMILES string of the molecule is CC(C)C(=O)N(C)N(C)C(=O)[C@@H](C)c1cccc2ccccc12. The fraction of sp³-hybridized carbons (Fsp3) is 0.368. The summed E-state index contributed by atoms with van der Waals surface area (Å²) in [5, 5.41) is 4.99. The molecule has 0 aliphatic heterocycles. The number of carbonyl (C=O) groups excluding carboxylic acids is 2. The number of likely N-dealkylation sites (N-methyl/N-ethyl adjacent to an activating group) is 1. The maximum Gasteiger partial charge on any atom is 0.248 e. The van der Waals surface area contributed by atoms with Crippen molar-refractivity contribution in [3.8, 4) is 0 Å². The molecule has 0 bridgehead atoms. The van der Waals surface area contributed by atoms with Gasteiger partial charge in [-0.3, -0.25) is 19.6 Å². The molecule has 0 N–H and O–H groups in total. The molecule has 2 aromatic carbocycles. The molecule has 0 spiro atoms. The third-order valence-corrected chi connectivity index (χ3v) is 4.24. The van der Waals surface area contributed by atoms with E-state index in [0.717, 1.165) is 16.3 Å². The van der Waals surface area contributed by atoms with Gasteiger partial charge in [-0.15, -0.1) is 0 Å². The molecule has 2 rings (SSSR count). The van der Waals surface area contributed by atoms with Gasteiger partial charge in [0, 0.05) is 20.0 Å². The van der Waals surface area contributed by atoms with Gasteiger partial charge in [0.25, 0.3) is 0 Å². The summed E-state index contributed by atoms with van der Waals surface area (Å²) in [5.41, 5.74) is 0.977. The van der Waals surface area contributed by atoms with Crippen LogP contribution in [0.2, 0.25) is 0 Å². The highest BCUT2D eigenvalue weighted by Gasteiger charge is 2.26. The molecule has 4 heteroatoms. The van der Waals surface area contributed by atoms with Crippen LogP contribution in [0, 0.1) is 5.92 Å². The molecule has 0 saturated carbocycles. The Bertz CT molecular complexity index is 719. The first-order valence-electron chi connectivity index (χ1n) is 7.87. The molecule has 2 aromatic rings. The molecule has 0 aromatic heterocycles. The molecule has 0 radical (unpaired) electrons. The Kier molecular flexibility index (Phi) is 5.04. The zero-order chi connectivity index (χ0) is 17.1. The highest BCUT2D eigenvalue weighted by molar-refractivity contribution is 5.93. The summed E-state index contributed by atoms with van der Waals surface area (Å²) in [7, 11) is 3.28. The summed E-state index contributed by atoms with van der Waals surface area (Å²) in [5.74, 6) is -0.652. The lowest BCUT2D eigenvalue weighted by molar-refractivity contribution is -0.160. The zero-order valence-corrected chi connectivity index (χ0v) is 14.4. The standard InChI is InChI=1S/C19H24N2O2/c1-13(2)18(22)20(4)21(5)19(23)14(3)16-12-8-10-15-9-6-7-11-17(15)16/h6-14H,1-5H3/t14-/m0/s1. The monoisotopic (exact) mass is 312 g/mol. The molecular weight excluding hydrogens is 288 g/mol. The van der Waals surface area contributed by atoms with E-state index in [0.29, 0.717) is 0 Å². The van der Waals surface area contributed by atoms with Crippen molar-refractivity contribution >= 4 is 22.6 Å². The van der Waals surface area contributed by atoms with Gasteiger partial charge in [0.15, 0.2) is 0 Å². The van der Waals surface area contributed by atoms with Crippen LogP contribution in [0.3, 0.4) is 0 Å². The maximum atomic E-state index is 12.8. The Balaban J connectivity index is 2.30. The smallest absolute Gasteiger partial charge is 0.248 e. The van der Waals surface area contributed by atoms with Gasteiger partial charge in [-0.25, -0.2) is 0 Å². The summed E-state index contributed by atoms with van der Waals surface area (Å²) in [6, 6.07) is 14.0. The first-order valence-corrected chi connectivity index (χ1v) is 7.87. The lowest BCUT2D eigenvalue weighted by Gasteiger charge is -2.31. The predicted molar refractivity (Wildman–Crippen MR) is 92.7 cm³/mol. The minimum atomic E-state index is -0.325. The fourth-order valence-electron chi connectivity index (χ4n) is 2.71. The van der Waals surface area contributed by atoms with E-state index < -0.39 is 0 Å². The predicted octanol–water partition coefficient (Wildman–Crippen LogP) is 3.43. The van der Waals surface area contributed by atoms with Crippen LogP contribution < -0.4 is 0 Å². The first kappa shape index (κ1) is 17.0. The Morgan fingerprint density at radius 2 is 1.39 bits per heavy atom. The number of fused-ring (bicyclic) bond motifs is 1. The molecule has 122 valence electrons. The van der Waals surface area contributed by atoms with Gasteiger partial charge in [0.2, 0.25) is 11.8 Å². The van der Waals surface area contributed by atoms with E-state index in [1.807, 2.05) is 63.2 Å². The molecule has 0 heterocycles. The largest absolute Gasteiger partial charge is 0.273 e. The van der Waals surface area contributed by atoms with Crippen LogP contribution in [0.1, 0.15) is 32.3 Å². The Morgan fingerprint density at radius 1 is 0.826 bits per heavy atom. The van der Waals surface area contributed by atoms with Crippen LogP contribution in [0.15, 0.2) is 42.5 Å². The van der Waals surface area contributed by atoms with Crippen molar-refractivity contribution in [2.75, 3.05) is 14.1 Å². The quantitative estimate of drug-likeness (QED) is 0.815. The van der Waals surface area contributed by atoms with Crippen molar-refractivity contribution in [2.24, 2.45) is 5.92 Å². The summed E-state index contributed by atoms with van der Waals surface area (Å²) in [4.78, 5) is 24.9. The number of hydrogen-bond acceptors (Lipinski definition) is 2. The van der Waals surface area contributed by atoms with E-state index in [9.17, 15) is 9.59 Å². The van der Waals surface area contributed by atoms with Gasteiger partial charge in [0.1, 0.15) is 0 Å². The fourth-order valence-corrected chi connectivity index (χ4v) is 2.71. The Labute approximate surface area is 137 Å². The molecule has 2 amide bonds. The van der Waals surface area contributed by atoms with Gasteiger partial charge >= 0.3 is 0 Å². The molecule has 0 fully saturated rings. The van der Waals surface area contributed by atoms with Crippen molar-refractivity contribution in [2.45, 2.75) is 26.7 Å². The van der Waals surface area contributed by atoms with Gasteiger partial charge in [-0.2, -0.15) is 0 Å². The minimum Gasteiger partial charge on any atom is -0.273 e. The zero-order valence-electron chi connectivity index (χ0n) is 14.4. The summed E-state index contributed by atoms with van der Waals surface area (Å²) in [6.45, 7) is 5.53. The minimum absolute atomic E-state index is 0.0778. The molecule has 0 unspecified atom stereocenters. The summed E-state index contributed by atoms with van der Waals surface area (Å²) >= 11 is 0. The van der Waals surface area contributed by atoms with Crippen molar-refractivity contribution in [3.05, 3.63) is 48.0 Å². The number of nitrogens with zero attached hydrogens (tertiary/aromatic N) is 2. The second-order valence-corrected chi connectivity index (χ2v) is 6.17. The average Bonchev–Trinajstić information content (AvgIpc) is 2.57. The second-order valence-electron chi connectivity index (χ2n) is 6.17. The topological polar surface area (TPSA) is 40.6 Å². The summed E-state index contributed by atoms with van der Waals surface area (Å²) in [6.07, 6.45) is 0. The van der Waals surface area contributed by atoms with Crippen LogP contribution in [-0.4, -0.2) is 35.9 Å². The van der Waals surface area contributed by atoms with E-state index in [1.165, 1.54) is 10.0 Å². The Morgan fingerprint density at radius 3 is 2.04 bits per heavy atom. The van der Waals surface area contributed by atoms with Crippen LogP contribution in [0.5, 0.6) is 0 Å². The van der Waals surface area contributed by atoms with Crippen molar-refractivity contribution in [1.29, 1.82) is 0 Å². The molecule has 0 saturated heterocycles. The first-order chi connectivity index (χ1) is 10.8. The van der Waals surface area contributed by atoms with Gasteiger partial charge in [-0.1, -0.05) is 56.3 Å². The van der Waals surface area contributed by atoms with Crippen molar-refractivity contribution in [1.82, 2.24) is 10.0 Å². The van der Waals surface area contributed by atoms with E-state index in [4.69, 9.17) is 0 Å². The molecular formula is C19H24N2O2. The van der Waals surface area contributed by atoms with Crippen LogP contribution in [-0.2, 0) is 9.59 Å². The lowest BCUT2D eigenvalue weighted by Crippen LogP contribution is -2.47. The molecule has 0 aliphatic rings. The normalized spacial score (nSPS) is 12.3. The van der Waals surface area contributed by atoms with Crippen molar-refractivity contribution < 1.29 is 9.59 Å². The van der Waals surface area contributed by atoms with Gasteiger partial charge < -0.3 is 0 Å². The molecule has 4 nitrogen and oxygen atoms in total. The number of hydrogen-bond donors (Lipinski definition) is 0. The lowest BCUT2D eigenvalue weighted by atomic mass is 9.94. The average molecular weight is 312 g/mol. The molecule has 0 aliphatic carbocycles. The third kappa shape index (κ3) is 3.36. The van der Waals surface area contributed by atoms with Crippen LogP contribution in [0.4, 0.5) is 0 Å². The van der Waals surface area contributed by atoms with Crippen LogP contribution in [0.25, 0.3) is 10.8 Å². The van der Waals surface area contributed by atoms with Crippen molar-refractivity contribution in [3.63, 3.8) is 0 Å². The van der Waals surface area contributed by atoms with Gasteiger partial charge in [-0.05, 0) is 23.3 Å². The maximum absolute atomic E-state index is 12.8. The van der Waals surface area contributed by atoms with E-state index in [1.54, 1.807) is 14.1 Å². The van der Waals surface area contributed by atoms with E-state index in [-0.39, 0.29) is 23.7 Å². The Hall–Kier alpha value is -2.36. The van der Waals surface area contributed by atoms with E-state index in [2.05, 4.69) is 0 Å². The number of rotatable bonds is 3. The third-order valence-electron chi connectivity index (χ3n) is 4.24.